The zero-order valence-corrected chi connectivity index (χ0v) is 27.8. The van der Waals surface area contributed by atoms with Crippen LogP contribution in [0.2, 0.25) is 0 Å². The Labute approximate surface area is 275 Å². The summed E-state index contributed by atoms with van der Waals surface area (Å²) in [6.07, 6.45) is 1.58. The number of aromatic nitrogens is 2. The predicted molar refractivity (Wildman–Crippen MR) is 183 cm³/mol. The third-order valence-corrected chi connectivity index (χ3v) is 8.15. The molecule has 5 rings (SSSR count). The molecule has 1 heterocycles. The zero-order chi connectivity index (χ0) is 33.0. The van der Waals surface area contributed by atoms with Gasteiger partial charge in [0.05, 0.1) is 36.4 Å². The Morgan fingerprint density at radius 2 is 1.76 bits per heavy atom. The van der Waals surface area contributed by atoms with Gasteiger partial charge in [-0.05, 0) is 101 Å². The van der Waals surface area contributed by atoms with Crippen LogP contribution < -0.4 is 19.8 Å². The molecule has 1 N–H and O–H groups in total. The summed E-state index contributed by atoms with van der Waals surface area (Å²) in [5.74, 6) is 1.36. The van der Waals surface area contributed by atoms with Crippen LogP contribution >= 0.6 is 15.9 Å². The van der Waals surface area contributed by atoms with E-state index in [2.05, 4.69) is 34.9 Å². The summed E-state index contributed by atoms with van der Waals surface area (Å²) < 4.78 is 19.5. The number of hydrogen-bond donors (Lipinski definition) is 1. The quantitative estimate of drug-likeness (QED) is 0.141. The van der Waals surface area contributed by atoms with Crippen molar-refractivity contribution in [2.75, 3.05) is 13.7 Å². The lowest BCUT2D eigenvalue weighted by Gasteiger charge is -2.18. The molecule has 0 fully saturated rings. The van der Waals surface area contributed by atoms with E-state index < -0.39 is 5.97 Å². The maximum atomic E-state index is 13.9. The van der Waals surface area contributed by atoms with E-state index in [1.54, 1.807) is 42.6 Å². The Balaban J connectivity index is 1.55. The molecule has 9 nitrogen and oxygen atoms in total. The molecule has 0 radical (unpaired) electrons. The van der Waals surface area contributed by atoms with Gasteiger partial charge in [0.1, 0.15) is 12.4 Å². The smallest absolute Gasteiger partial charge is 0.335 e. The van der Waals surface area contributed by atoms with E-state index >= 15 is 0 Å². The number of aromatic carboxylic acids is 1. The number of nitrogens with zero attached hydrogens (tertiary/aromatic N) is 3. The summed E-state index contributed by atoms with van der Waals surface area (Å²) in [5, 5.41) is 14.3. The molecular weight excluding hydrogens is 650 g/mol. The molecule has 1 aromatic heterocycles. The Bertz CT molecular complexity index is 2000. The molecule has 0 saturated heterocycles. The highest BCUT2D eigenvalue weighted by atomic mass is 79.9. The largest absolute Gasteiger partial charge is 0.494 e. The Morgan fingerprint density at radius 3 is 2.43 bits per heavy atom. The van der Waals surface area contributed by atoms with Gasteiger partial charge in [0.15, 0.2) is 17.3 Å². The number of carboxylic acids is 1. The minimum Gasteiger partial charge on any atom is -0.494 e. The molecule has 0 bridgehead atoms. The number of methoxy groups -OCH3 is 1. The van der Waals surface area contributed by atoms with Gasteiger partial charge in [0.25, 0.3) is 5.56 Å². The average molecular weight is 685 g/mol. The fourth-order valence-corrected chi connectivity index (χ4v) is 5.45. The maximum absolute atomic E-state index is 13.9. The van der Waals surface area contributed by atoms with Crippen molar-refractivity contribution in [1.29, 1.82) is 0 Å². The number of ether oxygens (including phenoxy) is 3. The van der Waals surface area contributed by atoms with Crippen LogP contribution in [0.3, 0.4) is 0 Å². The first-order valence-electron chi connectivity index (χ1n) is 14.8. The van der Waals surface area contributed by atoms with Gasteiger partial charge in [0.2, 0.25) is 0 Å². The normalized spacial score (nSPS) is 11.4. The molecule has 4 aromatic carbocycles. The van der Waals surface area contributed by atoms with Gasteiger partial charge in [-0.15, -0.1) is 0 Å². The summed E-state index contributed by atoms with van der Waals surface area (Å²) in [6, 6.07) is 21.2. The lowest BCUT2D eigenvalue weighted by Crippen LogP contribution is -2.21. The number of aryl methyl sites for hydroxylation is 1. The minimum atomic E-state index is -0.987. The van der Waals surface area contributed by atoms with Gasteiger partial charge in [-0.25, -0.2) is 9.78 Å². The van der Waals surface area contributed by atoms with Crippen LogP contribution in [0.5, 0.6) is 17.2 Å². The van der Waals surface area contributed by atoms with E-state index in [1.807, 2.05) is 38.1 Å². The monoisotopic (exact) mass is 683 g/mol. The maximum Gasteiger partial charge on any atom is 0.335 e. The van der Waals surface area contributed by atoms with Crippen molar-refractivity contribution < 1.29 is 24.1 Å². The third kappa shape index (κ3) is 6.82. The zero-order valence-electron chi connectivity index (χ0n) is 26.2. The molecule has 10 heteroatoms. The van der Waals surface area contributed by atoms with Gasteiger partial charge in [-0.2, -0.15) is 9.78 Å². The second-order valence-corrected chi connectivity index (χ2v) is 11.8. The van der Waals surface area contributed by atoms with Gasteiger partial charge in [-0.1, -0.05) is 38.1 Å². The fourth-order valence-electron chi connectivity index (χ4n) is 5.02. The van der Waals surface area contributed by atoms with Crippen molar-refractivity contribution >= 4 is 39.0 Å². The van der Waals surface area contributed by atoms with Crippen LogP contribution in [-0.4, -0.2) is 40.7 Å². The van der Waals surface area contributed by atoms with E-state index in [0.717, 1.165) is 28.0 Å². The van der Waals surface area contributed by atoms with E-state index in [-0.39, 0.29) is 23.6 Å². The Kier molecular flexibility index (Phi) is 9.87. The first kappa shape index (κ1) is 32.4. The SMILES string of the molecule is CCOc1cc(C)c(-c2nc3ccccc3c(=O)n2N=Cc2cc(OC)c(OCc3ccc(C(=O)O)cc3)cc2Br)cc1C(C)C. The Hall–Kier alpha value is -4.96. The van der Waals surface area contributed by atoms with Crippen LogP contribution in [-0.2, 0) is 6.61 Å². The molecule has 0 saturated carbocycles. The van der Waals surface area contributed by atoms with Gasteiger partial charge in [-0.3, -0.25) is 4.79 Å². The summed E-state index contributed by atoms with van der Waals surface area (Å²) in [4.78, 5) is 29.9. The van der Waals surface area contributed by atoms with E-state index in [4.69, 9.17) is 24.3 Å². The van der Waals surface area contributed by atoms with E-state index in [9.17, 15) is 9.59 Å². The topological polar surface area (TPSA) is 112 Å². The standard InChI is InChI=1S/C36H34BrN3O6/c1-6-45-31-15-22(4)28(17-27(31)21(2)3)34-39-30-10-8-7-9-26(30)35(41)40(34)38-19-25-16-32(44-5)33(18-29(25)37)46-20-23-11-13-24(14-12-23)36(42)43/h7-19,21H,6,20H2,1-5H3,(H,42,43). The molecule has 0 aliphatic heterocycles. The van der Waals surface area contributed by atoms with Crippen molar-refractivity contribution in [2.24, 2.45) is 5.10 Å². The number of carbonyl (C=O) groups is 1. The number of carboxylic acid groups (broad SMARTS) is 1. The van der Waals surface area contributed by atoms with Crippen molar-refractivity contribution in [3.63, 3.8) is 0 Å². The van der Waals surface area contributed by atoms with Crippen molar-refractivity contribution in [3.05, 3.63) is 115 Å². The summed E-state index contributed by atoms with van der Waals surface area (Å²) in [5.41, 5.74) is 4.63. The molecule has 46 heavy (non-hydrogen) atoms. The van der Waals surface area contributed by atoms with Crippen LogP contribution in [0.4, 0.5) is 0 Å². The van der Waals surface area contributed by atoms with Gasteiger partial charge >= 0.3 is 5.97 Å². The lowest BCUT2D eigenvalue weighted by atomic mass is 9.96. The van der Waals surface area contributed by atoms with E-state index in [0.29, 0.717) is 44.9 Å². The highest BCUT2D eigenvalue weighted by Crippen LogP contribution is 2.35. The number of fused-ring (bicyclic) bond motifs is 1. The van der Waals surface area contributed by atoms with Crippen molar-refractivity contribution in [3.8, 4) is 28.6 Å². The average Bonchev–Trinajstić information content (AvgIpc) is 3.04. The second-order valence-electron chi connectivity index (χ2n) is 10.9. The highest BCUT2D eigenvalue weighted by Gasteiger charge is 2.19. The number of hydrogen-bond acceptors (Lipinski definition) is 7. The third-order valence-electron chi connectivity index (χ3n) is 7.46. The van der Waals surface area contributed by atoms with Crippen LogP contribution in [0.25, 0.3) is 22.3 Å². The van der Waals surface area contributed by atoms with E-state index in [1.165, 1.54) is 23.9 Å². The summed E-state index contributed by atoms with van der Waals surface area (Å²) >= 11 is 3.61. The molecule has 236 valence electrons. The van der Waals surface area contributed by atoms with Crippen molar-refractivity contribution in [1.82, 2.24) is 9.66 Å². The molecule has 0 unspecified atom stereocenters. The molecule has 0 amide bonds. The van der Waals surface area contributed by atoms with Gasteiger partial charge in [0, 0.05) is 15.6 Å². The lowest BCUT2D eigenvalue weighted by molar-refractivity contribution is 0.0697. The van der Waals surface area contributed by atoms with Gasteiger partial charge < -0.3 is 19.3 Å². The first-order valence-corrected chi connectivity index (χ1v) is 15.6. The second kappa shape index (κ2) is 14.0. The Morgan fingerprint density at radius 1 is 1.02 bits per heavy atom. The molecule has 0 aliphatic carbocycles. The number of benzene rings is 4. The minimum absolute atomic E-state index is 0.179. The number of halogens is 1. The van der Waals surface area contributed by atoms with Crippen LogP contribution in [0.1, 0.15) is 59.3 Å². The van der Waals surface area contributed by atoms with Crippen LogP contribution in [0, 0.1) is 6.92 Å². The molecule has 0 spiro atoms. The predicted octanol–water partition coefficient (Wildman–Crippen LogP) is 7.82. The first-order chi connectivity index (χ1) is 22.1. The number of para-hydroxylation sites is 1. The summed E-state index contributed by atoms with van der Waals surface area (Å²) in [6.45, 7) is 8.88. The summed E-state index contributed by atoms with van der Waals surface area (Å²) in [7, 11) is 1.54. The fraction of sp³-hybridized carbons (Fsp3) is 0.222. The highest BCUT2D eigenvalue weighted by molar-refractivity contribution is 9.10. The van der Waals surface area contributed by atoms with Crippen molar-refractivity contribution in [2.45, 2.75) is 40.2 Å². The number of rotatable bonds is 11. The molecule has 0 aliphatic rings. The molecule has 0 atom stereocenters. The van der Waals surface area contributed by atoms with Crippen LogP contribution in [0.15, 0.2) is 87.2 Å². The molecule has 5 aromatic rings. The molecular formula is C36H34BrN3O6.